The van der Waals surface area contributed by atoms with E-state index in [1.807, 2.05) is 0 Å². The Bertz CT molecular complexity index is 1310. The van der Waals surface area contributed by atoms with Crippen molar-refractivity contribution < 1.29 is 47.6 Å². The van der Waals surface area contributed by atoms with Crippen LogP contribution in [0.4, 0.5) is 0 Å². The van der Waals surface area contributed by atoms with Crippen LogP contribution < -0.4 is 0 Å². The van der Waals surface area contributed by atoms with Gasteiger partial charge in [-0.05, 0) is 97.7 Å². The summed E-state index contributed by atoms with van der Waals surface area (Å²) in [7, 11) is 0. The number of fused-ring (bicyclic) bond motifs is 5. The lowest BCUT2D eigenvalue weighted by molar-refractivity contribution is -0.318. The zero-order valence-electron chi connectivity index (χ0n) is 32.6. The molecule has 1 heterocycles. The lowest BCUT2D eigenvalue weighted by Gasteiger charge is -2.58. The number of rotatable bonds is 12. The summed E-state index contributed by atoms with van der Waals surface area (Å²) in [6.07, 6.45) is 9.39. The molecule has 0 bridgehead atoms. The highest BCUT2D eigenvalue weighted by Crippen LogP contribution is 2.67. The zero-order chi connectivity index (χ0) is 37.2. The Hall–Kier alpha value is -2.46. The van der Waals surface area contributed by atoms with Crippen molar-refractivity contribution >= 4 is 23.9 Å². The summed E-state index contributed by atoms with van der Waals surface area (Å²) >= 11 is 0. The van der Waals surface area contributed by atoms with Gasteiger partial charge in [-0.25, -0.2) is 0 Å². The number of esters is 4. The third-order valence-corrected chi connectivity index (χ3v) is 13.5. The maximum absolute atomic E-state index is 12.3. The fourth-order valence-electron chi connectivity index (χ4n) is 11.3. The van der Waals surface area contributed by atoms with Crippen LogP contribution in [0.1, 0.15) is 133 Å². The molecule has 0 aromatic carbocycles. The number of carbonyl (C=O) groups is 4. The molecular formula is C41H64O10. The highest BCUT2D eigenvalue weighted by Gasteiger charge is 2.60. The fourth-order valence-corrected chi connectivity index (χ4v) is 11.3. The van der Waals surface area contributed by atoms with Crippen molar-refractivity contribution in [1.29, 1.82) is 0 Å². The minimum absolute atomic E-state index is 0.104. The van der Waals surface area contributed by atoms with E-state index in [1.54, 1.807) is 0 Å². The van der Waals surface area contributed by atoms with Crippen LogP contribution in [0, 0.1) is 46.3 Å². The van der Waals surface area contributed by atoms with Gasteiger partial charge in [-0.1, -0.05) is 65.5 Å². The van der Waals surface area contributed by atoms with Crippen molar-refractivity contribution in [3.8, 4) is 0 Å². The van der Waals surface area contributed by atoms with Crippen LogP contribution in [0.2, 0.25) is 0 Å². The van der Waals surface area contributed by atoms with Crippen LogP contribution in [0.15, 0.2) is 11.6 Å². The summed E-state index contributed by atoms with van der Waals surface area (Å²) < 4.78 is 35.0. The van der Waals surface area contributed by atoms with Gasteiger partial charge in [0.1, 0.15) is 12.7 Å². The minimum atomic E-state index is -1.23. The number of carbonyl (C=O) groups excluding carboxylic acids is 4. The predicted molar refractivity (Wildman–Crippen MR) is 190 cm³/mol. The summed E-state index contributed by atoms with van der Waals surface area (Å²) in [5.74, 6) is 2.01. The van der Waals surface area contributed by atoms with Crippen molar-refractivity contribution in [2.24, 2.45) is 46.3 Å². The average Bonchev–Trinajstić information content (AvgIpc) is 3.39. The van der Waals surface area contributed by atoms with E-state index in [2.05, 4.69) is 40.7 Å². The summed E-state index contributed by atoms with van der Waals surface area (Å²) in [6, 6.07) is 0. The molecule has 10 nitrogen and oxygen atoms in total. The van der Waals surface area contributed by atoms with Gasteiger partial charge in [0, 0.05) is 27.7 Å². The maximum atomic E-state index is 12.3. The average molecular weight is 717 g/mol. The molecule has 0 radical (unpaired) electrons. The number of allylic oxidation sites excluding steroid dienone is 1. The predicted octanol–water partition coefficient (Wildman–Crippen LogP) is 7.50. The molecule has 0 aromatic heterocycles. The van der Waals surface area contributed by atoms with Crippen LogP contribution in [0.25, 0.3) is 0 Å². The van der Waals surface area contributed by atoms with Crippen LogP contribution in [0.3, 0.4) is 0 Å². The Morgan fingerprint density at radius 2 is 1.47 bits per heavy atom. The van der Waals surface area contributed by atoms with Crippen LogP contribution in [-0.2, 0) is 47.6 Å². The van der Waals surface area contributed by atoms with Gasteiger partial charge in [-0.3, -0.25) is 19.2 Å². The highest BCUT2D eigenvalue weighted by atomic mass is 16.7. The van der Waals surface area contributed by atoms with Gasteiger partial charge in [-0.15, -0.1) is 0 Å². The molecule has 1 saturated heterocycles. The van der Waals surface area contributed by atoms with Crippen molar-refractivity contribution in [2.75, 3.05) is 6.61 Å². The first kappa shape index (κ1) is 39.7. The Balaban J connectivity index is 1.32. The first-order chi connectivity index (χ1) is 24.0. The van der Waals surface area contributed by atoms with E-state index >= 15 is 0 Å². The van der Waals surface area contributed by atoms with Crippen molar-refractivity contribution in [3.05, 3.63) is 11.6 Å². The van der Waals surface area contributed by atoms with Crippen molar-refractivity contribution in [2.45, 2.75) is 170 Å². The molecule has 13 atom stereocenters. The molecule has 5 aliphatic rings. The van der Waals surface area contributed by atoms with Crippen molar-refractivity contribution in [1.82, 2.24) is 0 Å². The fraction of sp³-hybridized carbons (Fsp3) is 0.854. The molecule has 4 aliphatic carbocycles. The molecular weight excluding hydrogens is 652 g/mol. The van der Waals surface area contributed by atoms with Gasteiger partial charge in [0.15, 0.2) is 24.6 Å². The quantitative estimate of drug-likeness (QED) is 0.114. The third kappa shape index (κ3) is 8.69. The number of hydrogen-bond acceptors (Lipinski definition) is 10. The second-order valence-corrected chi connectivity index (χ2v) is 17.4. The molecule has 4 fully saturated rings. The third-order valence-electron chi connectivity index (χ3n) is 13.5. The molecule has 51 heavy (non-hydrogen) atoms. The molecule has 0 aromatic rings. The number of ether oxygens (including phenoxy) is 6. The van der Waals surface area contributed by atoms with E-state index in [0.717, 1.165) is 49.4 Å². The molecule has 0 amide bonds. The van der Waals surface area contributed by atoms with Gasteiger partial charge in [0.25, 0.3) is 0 Å². The molecule has 10 heteroatoms. The lowest BCUT2D eigenvalue weighted by atomic mass is 9.47. The Morgan fingerprint density at radius 3 is 2.12 bits per heavy atom. The summed E-state index contributed by atoms with van der Waals surface area (Å²) in [4.78, 5) is 48.5. The van der Waals surface area contributed by atoms with E-state index < -0.39 is 54.6 Å². The van der Waals surface area contributed by atoms with E-state index in [4.69, 9.17) is 28.4 Å². The second kappa shape index (κ2) is 16.3. The van der Waals surface area contributed by atoms with Crippen LogP contribution in [-0.4, -0.2) is 67.3 Å². The van der Waals surface area contributed by atoms with Crippen molar-refractivity contribution in [3.63, 3.8) is 0 Å². The first-order valence-corrected chi connectivity index (χ1v) is 19.7. The van der Waals surface area contributed by atoms with E-state index in [9.17, 15) is 19.2 Å². The molecule has 3 saturated carbocycles. The van der Waals surface area contributed by atoms with Gasteiger partial charge in [0.05, 0.1) is 6.10 Å². The van der Waals surface area contributed by atoms with Gasteiger partial charge >= 0.3 is 23.9 Å². The maximum Gasteiger partial charge on any atom is 0.303 e. The zero-order valence-corrected chi connectivity index (χ0v) is 32.6. The SMILES string of the molecule is CC(=O)OC[C@H]1O[C@H](OC2CC[C@@]3(C)C(=CCC4C3CC[C@@]3(C)C4CC[C@@H]3[C@H](C)CCCC(C)C)C2)[C@H](OC(C)=O)[C@@H](OC(C)=O)[C@@H]1OC(C)=O. The van der Waals surface area contributed by atoms with E-state index in [-0.39, 0.29) is 18.1 Å². The molecule has 1 aliphatic heterocycles. The smallest absolute Gasteiger partial charge is 0.303 e. The molecule has 5 rings (SSSR count). The first-order valence-electron chi connectivity index (χ1n) is 19.7. The molecule has 0 N–H and O–H groups in total. The largest absolute Gasteiger partial charge is 0.463 e. The summed E-state index contributed by atoms with van der Waals surface area (Å²) in [5.41, 5.74) is 1.97. The molecule has 288 valence electrons. The Labute approximate surface area is 305 Å². The van der Waals surface area contributed by atoms with E-state index in [1.165, 1.54) is 78.2 Å². The monoisotopic (exact) mass is 716 g/mol. The second-order valence-electron chi connectivity index (χ2n) is 17.4. The van der Waals surface area contributed by atoms with Gasteiger partial charge in [0.2, 0.25) is 0 Å². The number of hydrogen-bond donors (Lipinski definition) is 0. The van der Waals surface area contributed by atoms with Crippen LogP contribution >= 0.6 is 0 Å². The van der Waals surface area contributed by atoms with Crippen LogP contribution in [0.5, 0.6) is 0 Å². The molecule has 4 unspecified atom stereocenters. The lowest BCUT2D eigenvalue weighted by Crippen LogP contribution is -2.63. The van der Waals surface area contributed by atoms with Gasteiger partial charge in [-0.2, -0.15) is 0 Å². The summed E-state index contributed by atoms with van der Waals surface area (Å²) in [5, 5.41) is 0. The Kier molecular flexibility index (Phi) is 12.7. The summed E-state index contributed by atoms with van der Waals surface area (Å²) in [6.45, 7) is 17.0. The minimum Gasteiger partial charge on any atom is -0.463 e. The molecule has 0 spiro atoms. The standard InChI is InChI=1S/C41H64O10/c1-23(2)11-10-12-24(3)32-15-16-33-31-14-13-29-21-30(17-19-40(29,8)34(31)18-20-41(32,33)9)50-39-38(49-28(7)45)37(48-27(6)44)36(47-26(5)43)35(51-39)22-46-25(4)42/h13,23-24,30-39H,10-12,14-22H2,1-9H3/t24-,30?,31?,32-,33?,34?,35-,36-,37+,38-,39+,40+,41-/m1/s1. The topological polar surface area (TPSA) is 124 Å². The Morgan fingerprint density at radius 1 is 0.804 bits per heavy atom. The highest BCUT2D eigenvalue weighted by molar-refractivity contribution is 5.68. The normalized spacial score (nSPS) is 39.5. The van der Waals surface area contributed by atoms with Gasteiger partial charge < -0.3 is 28.4 Å². The van der Waals surface area contributed by atoms with E-state index in [0.29, 0.717) is 17.3 Å².